The van der Waals surface area contributed by atoms with E-state index in [2.05, 4.69) is 5.38 Å². The number of carbonyl (C=O) groups is 1. The van der Waals surface area contributed by atoms with Crippen molar-refractivity contribution in [2.75, 3.05) is 0 Å². The van der Waals surface area contributed by atoms with Gasteiger partial charge in [0.25, 0.3) is 0 Å². The second-order valence-electron chi connectivity index (χ2n) is 4.17. The van der Waals surface area contributed by atoms with E-state index in [-0.39, 0.29) is 0 Å². The lowest BCUT2D eigenvalue weighted by Gasteiger charge is -2.20. The van der Waals surface area contributed by atoms with E-state index in [9.17, 15) is 4.79 Å². The Morgan fingerprint density at radius 2 is 2.00 bits per heavy atom. The molecule has 1 nitrogen and oxygen atoms in total. The molecule has 1 aromatic rings. The molecule has 0 aliphatic heterocycles. The molecular formula is C12H16OS. The summed E-state index contributed by atoms with van der Waals surface area (Å²) < 4.78 is 0. The van der Waals surface area contributed by atoms with Gasteiger partial charge in [0.2, 0.25) is 0 Å². The molecule has 2 heteroatoms. The number of aryl methyl sites for hydroxylation is 1. The third-order valence-corrected chi connectivity index (χ3v) is 3.96. The van der Waals surface area contributed by atoms with Crippen LogP contribution in [0.1, 0.15) is 48.0 Å². The Hall–Kier alpha value is -0.630. The Morgan fingerprint density at radius 3 is 2.57 bits per heavy atom. The van der Waals surface area contributed by atoms with Gasteiger partial charge in [0, 0.05) is 16.9 Å². The van der Waals surface area contributed by atoms with Gasteiger partial charge < -0.3 is 0 Å². The summed E-state index contributed by atoms with van der Waals surface area (Å²) in [6.07, 6.45) is 5.99. The average molecular weight is 208 g/mol. The van der Waals surface area contributed by atoms with Crippen molar-refractivity contribution in [1.82, 2.24) is 0 Å². The first kappa shape index (κ1) is 9.91. The quantitative estimate of drug-likeness (QED) is 0.675. The summed E-state index contributed by atoms with van der Waals surface area (Å²) in [6.45, 7) is 2.03. The summed E-state index contributed by atoms with van der Waals surface area (Å²) in [5.41, 5.74) is 2.13. The molecule has 0 radical (unpaired) electrons. The molecule has 2 rings (SSSR count). The minimum Gasteiger partial charge on any atom is -0.294 e. The standard InChI is InChI=1S/C12H16OS/c1-9-7-14-8-11(9)12(13)10-5-3-2-4-6-10/h7-8,10H,2-6H2,1H3. The number of Topliss-reactive ketones (excluding diaryl/α,β-unsaturated/α-hetero) is 1. The van der Waals surface area contributed by atoms with Crippen LogP contribution in [0.15, 0.2) is 10.8 Å². The smallest absolute Gasteiger partial charge is 0.167 e. The van der Waals surface area contributed by atoms with Gasteiger partial charge in [-0.25, -0.2) is 0 Å². The molecule has 1 fully saturated rings. The van der Waals surface area contributed by atoms with Gasteiger partial charge in [0.05, 0.1) is 0 Å². The highest BCUT2D eigenvalue weighted by Gasteiger charge is 2.23. The van der Waals surface area contributed by atoms with E-state index in [1.807, 2.05) is 12.3 Å². The fourth-order valence-electron chi connectivity index (χ4n) is 2.20. The summed E-state index contributed by atoms with van der Waals surface area (Å²) >= 11 is 1.64. The lowest BCUT2D eigenvalue weighted by Crippen LogP contribution is -2.17. The Morgan fingerprint density at radius 1 is 1.29 bits per heavy atom. The van der Waals surface area contributed by atoms with Crippen molar-refractivity contribution in [3.63, 3.8) is 0 Å². The Kier molecular flexibility index (Phi) is 3.02. The predicted octanol–water partition coefficient (Wildman–Crippen LogP) is 3.82. The van der Waals surface area contributed by atoms with Gasteiger partial charge >= 0.3 is 0 Å². The zero-order valence-electron chi connectivity index (χ0n) is 8.58. The van der Waals surface area contributed by atoms with Crippen LogP contribution >= 0.6 is 11.3 Å². The van der Waals surface area contributed by atoms with Crippen LogP contribution in [0.2, 0.25) is 0 Å². The van der Waals surface area contributed by atoms with E-state index in [0.29, 0.717) is 11.7 Å². The maximum Gasteiger partial charge on any atom is 0.167 e. The number of carbonyl (C=O) groups excluding carboxylic acids is 1. The van der Waals surface area contributed by atoms with Crippen LogP contribution in [-0.4, -0.2) is 5.78 Å². The van der Waals surface area contributed by atoms with Gasteiger partial charge in [-0.05, 0) is 30.7 Å². The first-order valence-electron chi connectivity index (χ1n) is 5.36. The molecule has 1 aromatic heterocycles. The SMILES string of the molecule is Cc1cscc1C(=O)C1CCCCC1. The second kappa shape index (κ2) is 4.26. The van der Waals surface area contributed by atoms with Crippen molar-refractivity contribution >= 4 is 17.1 Å². The Labute approximate surface area is 89.1 Å². The van der Waals surface area contributed by atoms with E-state index in [4.69, 9.17) is 0 Å². The van der Waals surface area contributed by atoms with Crippen LogP contribution < -0.4 is 0 Å². The lowest BCUT2D eigenvalue weighted by molar-refractivity contribution is 0.0889. The molecule has 1 aliphatic carbocycles. The largest absolute Gasteiger partial charge is 0.294 e. The van der Waals surface area contributed by atoms with Crippen molar-refractivity contribution in [2.45, 2.75) is 39.0 Å². The van der Waals surface area contributed by atoms with E-state index < -0.39 is 0 Å². The van der Waals surface area contributed by atoms with Gasteiger partial charge in [-0.15, -0.1) is 0 Å². The van der Waals surface area contributed by atoms with Gasteiger partial charge in [0.1, 0.15) is 0 Å². The summed E-state index contributed by atoms with van der Waals surface area (Å²) in [5, 5.41) is 4.07. The number of hydrogen-bond acceptors (Lipinski definition) is 2. The monoisotopic (exact) mass is 208 g/mol. The molecule has 0 N–H and O–H groups in total. The maximum absolute atomic E-state index is 12.1. The number of rotatable bonds is 2. The molecule has 0 unspecified atom stereocenters. The second-order valence-corrected chi connectivity index (χ2v) is 4.91. The first-order chi connectivity index (χ1) is 6.79. The molecule has 0 aromatic carbocycles. The minimum atomic E-state index is 0.317. The van der Waals surface area contributed by atoms with Crippen molar-refractivity contribution < 1.29 is 4.79 Å². The molecule has 0 spiro atoms. The van der Waals surface area contributed by atoms with Crippen molar-refractivity contribution in [3.05, 3.63) is 21.9 Å². The molecule has 0 amide bonds. The Balaban J connectivity index is 2.11. The van der Waals surface area contributed by atoms with E-state index in [0.717, 1.165) is 24.0 Å². The van der Waals surface area contributed by atoms with Gasteiger partial charge in [-0.2, -0.15) is 11.3 Å². The van der Waals surface area contributed by atoms with E-state index in [1.165, 1.54) is 19.3 Å². The average Bonchev–Trinajstić information content (AvgIpc) is 2.65. The predicted molar refractivity (Wildman–Crippen MR) is 60.0 cm³/mol. The molecule has 1 aliphatic rings. The summed E-state index contributed by atoms with van der Waals surface area (Å²) in [4.78, 5) is 12.1. The van der Waals surface area contributed by atoms with Crippen LogP contribution in [0, 0.1) is 12.8 Å². The zero-order valence-corrected chi connectivity index (χ0v) is 9.40. The summed E-state index contributed by atoms with van der Waals surface area (Å²) in [6, 6.07) is 0. The molecular weight excluding hydrogens is 192 g/mol. The first-order valence-corrected chi connectivity index (χ1v) is 6.30. The third kappa shape index (κ3) is 1.90. The van der Waals surface area contributed by atoms with Crippen LogP contribution in [0.4, 0.5) is 0 Å². The van der Waals surface area contributed by atoms with E-state index >= 15 is 0 Å². The van der Waals surface area contributed by atoms with Crippen LogP contribution in [0.5, 0.6) is 0 Å². The minimum absolute atomic E-state index is 0.317. The molecule has 14 heavy (non-hydrogen) atoms. The third-order valence-electron chi connectivity index (χ3n) is 3.10. The van der Waals surface area contributed by atoms with Gasteiger partial charge in [0.15, 0.2) is 5.78 Å². The van der Waals surface area contributed by atoms with Crippen LogP contribution in [0.3, 0.4) is 0 Å². The number of hydrogen-bond donors (Lipinski definition) is 0. The van der Waals surface area contributed by atoms with Crippen molar-refractivity contribution in [2.24, 2.45) is 5.92 Å². The highest BCUT2D eigenvalue weighted by molar-refractivity contribution is 7.08. The fraction of sp³-hybridized carbons (Fsp3) is 0.583. The van der Waals surface area contributed by atoms with Crippen molar-refractivity contribution in [1.29, 1.82) is 0 Å². The van der Waals surface area contributed by atoms with Gasteiger partial charge in [-0.3, -0.25) is 4.79 Å². The normalized spacial score (nSPS) is 18.4. The Bertz CT molecular complexity index is 321. The highest BCUT2D eigenvalue weighted by atomic mass is 32.1. The summed E-state index contributed by atoms with van der Waals surface area (Å²) in [5.74, 6) is 0.709. The van der Waals surface area contributed by atoms with Crippen LogP contribution in [-0.2, 0) is 0 Å². The lowest BCUT2D eigenvalue weighted by atomic mass is 9.84. The molecule has 0 bridgehead atoms. The highest BCUT2D eigenvalue weighted by Crippen LogP contribution is 2.28. The number of ketones is 1. The van der Waals surface area contributed by atoms with Crippen LogP contribution in [0.25, 0.3) is 0 Å². The summed E-state index contributed by atoms with van der Waals surface area (Å²) in [7, 11) is 0. The molecule has 1 saturated carbocycles. The maximum atomic E-state index is 12.1. The topological polar surface area (TPSA) is 17.1 Å². The molecule has 0 saturated heterocycles. The molecule has 0 atom stereocenters. The fourth-order valence-corrected chi connectivity index (χ4v) is 3.03. The van der Waals surface area contributed by atoms with Gasteiger partial charge in [-0.1, -0.05) is 19.3 Å². The molecule has 1 heterocycles. The van der Waals surface area contributed by atoms with Crippen molar-refractivity contribution in [3.8, 4) is 0 Å². The molecule has 76 valence electrons. The van der Waals surface area contributed by atoms with E-state index in [1.54, 1.807) is 11.3 Å². The number of thiophene rings is 1. The zero-order chi connectivity index (χ0) is 9.97.